The molecule has 1 heterocycles. The topological polar surface area (TPSA) is 6.48 Å². The van der Waals surface area contributed by atoms with Gasteiger partial charge in [-0.1, -0.05) is 156 Å². The predicted molar refractivity (Wildman–Crippen MR) is 248 cm³/mol. The summed E-state index contributed by atoms with van der Waals surface area (Å²) in [7, 11) is 0. The Morgan fingerprint density at radius 1 is 0.661 bits per heavy atom. The summed E-state index contributed by atoms with van der Waals surface area (Å²) in [5.74, 6) is 0.823. The van der Waals surface area contributed by atoms with Crippen LogP contribution in [0, 0.1) is 17.3 Å². The summed E-state index contributed by atoms with van der Waals surface area (Å²) in [5.41, 5.74) is 22.0. The van der Waals surface area contributed by atoms with Crippen molar-refractivity contribution < 1.29 is 0 Å². The first-order valence-corrected chi connectivity index (χ1v) is 21.9. The van der Waals surface area contributed by atoms with Crippen molar-refractivity contribution >= 4 is 28.3 Å². The lowest BCUT2D eigenvalue weighted by atomic mass is 9.71. The Bertz CT molecular complexity index is 2730. The summed E-state index contributed by atoms with van der Waals surface area (Å²) in [6.07, 6.45) is 19.2. The molecule has 0 spiro atoms. The number of fused-ring (bicyclic) bond motifs is 7. The molecule has 2 nitrogen and oxygen atoms in total. The van der Waals surface area contributed by atoms with Gasteiger partial charge < -0.3 is 9.80 Å². The highest BCUT2D eigenvalue weighted by atomic mass is 15.2. The second-order valence-corrected chi connectivity index (χ2v) is 19.3. The van der Waals surface area contributed by atoms with Gasteiger partial charge in [0.05, 0.1) is 11.4 Å². The molecular weight excluding hydrogens is 713 g/mol. The number of anilines is 4. The molecule has 0 saturated carbocycles. The first-order chi connectivity index (χ1) is 28.5. The maximum atomic E-state index is 2.61. The van der Waals surface area contributed by atoms with Gasteiger partial charge in [-0.15, -0.1) is 0 Å². The molecule has 2 atom stereocenters. The van der Waals surface area contributed by atoms with Crippen LogP contribution in [0.2, 0.25) is 0 Å². The smallest absolute Gasteiger partial charge is 0.0506 e. The Labute approximate surface area is 351 Å². The van der Waals surface area contributed by atoms with Crippen LogP contribution in [-0.2, 0) is 10.8 Å². The Morgan fingerprint density at radius 2 is 1.37 bits per heavy atom. The molecule has 0 saturated heterocycles. The summed E-state index contributed by atoms with van der Waals surface area (Å²) >= 11 is 0. The number of hydrogen-bond acceptors (Lipinski definition) is 2. The van der Waals surface area contributed by atoms with Crippen molar-refractivity contribution in [2.45, 2.75) is 78.1 Å². The summed E-state index contributed by atoms with van der Waals surface area (Å²) in [5, 5.41) is 0. The van der Waals surface area contributed by atoms with Crippen molar-refractivity contribution in [3.8, 4) is 11.1 Å². The predicted octanol–water partition coefficient (Wildman–Crippen LogP) is 15.1. The fourth-order valence-electron chi connectivity index (χ4n) is 11.9. The maximum Gasteiger partial charge on any atom is 0.0506 e. The van der Waals surface area contributed by atoms with Gasteiger partial charge in [0, 0.05) is 39.5 Å². The van der Waals surface area contributed by atoms with Gasteiger partial charge in [-0.2, -0.15) is 0 Å². The van der Waals surface area contributed by atoms with Crippen molar-refractivity contribution in [2.75, 3.05) is 9.80 Å². The van der Waals surface area contributed by atoms with Gasteiger partial charge in [-0.3, -0.25) is 0 Å². The van der Waals surface area contributed by atoms with Crippen LogP contribution in [-0.4, -0.2) is 0 Å². The Morgan fingerprint density at radius 3 is 2.15 bits per heavy atom. The van der Waals surface area contributed by atoms with Crippen molar-refractivity contribution in [1.82, 2.24) is 0 Å². The molecule has 59 heavy (non-hydrogen) atoms. The average Bonchev–Trinajstić information content (AvgIpc) is 3.63. The minimum absolute atomic E-state index is 0.0659. The van der Waals surface area contributed by atoms with Gasteiger partial charge in [0.1, 0.15) is 0 Å². The highest BCUT2D eigenvalue weighted by Gasteiger charge is 2.48. The first-order valence-electron chi connectivity index (χ1n) is 21.9. The van der Waals surface area contributed by atoms with Gasteiger partial charge in [0.2, 0.25) is 0 Å². The third kappa shape index (κ3) is 5.38. The van der Waals surface area contributed by atoms with Crippen LogP contribution in [0.1, 0.15) is 89.5 Å². The highest BCUT2D eigenvalue weighted by Crippen LogP contribution is 2.61. The number of para-hydroxylation sites is 2. The molecule has 1 aliphatic heterocycles. The van der Waals surface area contributed by atoms with Gasteiger partial charge in [-0.05, 0) is 136 Å². The van der Waals surface area contributed by atoms with Crippen molar-refractivity contribution in [2.24, 2.45) is 17.3 Å². The SMILES string of the molecule is CC1(C)C2=CC(N(C3=CC=C4c5cc6c(cc5C(C)(C)C4C3)N(c3ccccc3)c3ccccc3C6(C)C)c3ccc(-c4ccccc4)cc3)=CCC2C2=C1CCC=C2. The third-order valence-corrected chi connectivity index (χ3v) is 15.1. The molecule has 5 aromatic rings. The van der Waals surface area contributed by atoms with Crippen LogP contribution in [0.4, 0.5) is 22.7 Å². The molecule has 292 valence electrons. The second kappa shape index (κ2) is 13.1. The second-order valence-electron chi connectivity index (χ2n) is 19.3. The van der Waals surface area contributed by atoms with Gasteiger partial charge in [-0.25, -0.2) is 0 Å². The van der Waals surface area contributed by atoms with Crippen LogP contribution in [0.15, 0.2) is 186 Å². The van der Waals surface area contributed by atoms with E-state index in [4.69, 9.17) is 0 Å². The van der Waals surface area contributed by atoms with Crippen LogP contribution < -0.4 is 9.80 Å². The highest BCUT2D eigenvalue weighted by molar-refractivity contribution is 5.90. The van der Waals surface area contributed by atoms with Gasteiger partial charge >= 0.3 is 0 Å². The van der Waals surface area contributed by atoms with E-state index in [0.717, 1.165) is 19.3 Å². The zero-order valence-electron chi connectivity index (χ0n) is 35.4. The van der Waals surface area contributed by atoms with E-state index in [1.165, 1.54) is 79.5 Å². The van der Waals surface area contributed by atoms with Gasteiger partial charge in [0.15, 0.2) is 0 Å². The van der Waals surface area contributed by atoms with Crippen LogP contribution in [0.5, 0.6) is 0 Å². The molecular formula is C57H54N2. The van der Waals surface area contributed by atoms with Crippen LogP contribution >= 0.6 is 0 Å². The third-order valence-electron chi connectivity index (χ3n) is 15.1. The molecule has 0 aromatic heterocycles. The van der Waals surface area contributed by atoms with E-state index < -0.39 is 0 Å². The molecule has 0 fully saturated rings. The molecule has 6 aliphatic rings. The van der Waals surface area contributed by atoms with E-state index in [1.807, 2.05) is 0 Å². The van der Waals surface area contributed by atoms with E-state index in [1.54, 1.807) is 16.7 Å². The lowest BCUT2D eigenvalue weighted by Gasteiger charge is -2.43. The molecule has 0 amide bonds. The molecule has 2 unspecified atom stereocenters. The lowest BCUT2D eigenvalue weighted by molar-refractivity contribution is 0.406. The molecule has 5 aliphatic carbocycles. The summed E-state index contributed by atoms with van der Waals surface area (Å²) in [6.45, 7) is 14.8. The number of hydrogen-bond donors (Lipinski definition) is 0. The first kappa shape index (κ1) is 36.2. The van der Waals surface area contributed by atoms with Crippen molar-refractivity contribution in [3.05, 3.63) is 208 Å². The van der Waals surface area contributed by atoms with E-state index in [-0.39, 0.29) is 16.2 Å². The number of nitrogens with zero attached hydrogens (tertiary/aromatic N) is 2. The monoisotopic (exact) mass is 766 g/mol. The molecule has 0 bridgehead atoms. The summed E-state index contributed by atoms with van der Waals surface area (Å²) in [4.78, 5) is 5.12. The van der Waals surface area contributed by atoms with Crippen LogP contribution in [0.3, 0.4) is 0 Å². The quantitative estimate of drug-likeness (QED) is 0.176. The Balaban J connectivity index is 1.03. The van der Waals surface area contributed by atoms with Crippen LogP contribution in [0.25, 0.3) is 16.7 Å². The van der Waals surface area contributed by atoms with Gasteiger partial charge in [0.25, 0.3) is 0 Å². The fourth-order valence-corrected chi connectivity index (χ4v) is 11.9. The molecule has 5 aromatic carbocycles. The zero-order chi connectivity index (χ0) is 40.3. The van der Waals surface area contributed by atoms with E-state index >= 15 is 0 Å². The fraction of sp³-hybridized carbons (Fsp3) is 0.263. The largest absolute Gasteiger partial charge is 0.315 e. The summed E-state index contributed by atoms with van der Waals surface area (Å²) in [6, 6.07) is 45.2. The molecule has 2 heteroatoms. The Kier molecular flexibility index (Phi) is 8.03. The van der Waals surface area contributed by atoms with Crippen molar-refractivity contribution in [3.63, 3.8) is 0 Å². The Hall–Kier alpha value is -5.86. The lowest BCUT2D eigenvalue weighted by Crippen LogP contribution is -2.32. The molecule has 0 N–H and O–H groups in total. The normalized spacial score (nSPS) is 22.4. The zero-order valence-corrected chi connectivity index (χ0v) is 35.4. The molecule has 11 rings (SSSR count). The number of allylic oxidation sites excluding steroid dienone is 11. The average molecular weight is 767 g/mol. The number of rotatable bonds is 5. The molecule has 0 radical (unpaired) electrons. The minimum Gasteiger partial charge on any atom is -0.315 e. The van der Waals surface area contributed by atoms with E-state index in [2.05, 4.69) is 209 Å². The standard InChI is InChI=1S/C57H54N2/c1-55(2)47-22-14-13-21-43(47)44-31-29-41(33-49(44)55)58(40-27-25-38(26-28-40)37-17-9-7-10-18-37)42-30-32-45-46-35-52-54(36-51(46)57(5,6)50(45)34-42)59(39-19-11-8-12-20-39)53-24-16-15-23-48(53)56(52,3)4/h7-13,15-21,23-30,32-33,35-36,44,50H,14,22,31,34H2,1-6H3. The van der Waals surface area contributed by atoms with E-state index in [9.17, 15) is 0 Å². The number of benzene rings is 5. The van der Waals surface area contributed by atoms with E-state index in [0.29, 0.717) is 11.8 Å². The maximum absolute atomic E-state index is 2.61. The van der Waals surface area contributed by atoms with Crippen molar-refractivity contribution in [1.29, 1.82) is 0 Å². The summed E-state index contributed by atoms with van der Waals surface area (Å²) < 4.78 is 0. The minimum atomic E-state index is -0.149.